The molecule has 0 aromatic carbocycles. The lowest BCUT2D eigenvalue weighted by atomic mass is 10.5. The van der Waals surface area contributed by atoms with Crippen molar-refractivity contribution < 1.29 is 4.74 Å². The van der Waals surface area contributed by atoms with Gasteiger partial charge in [-0.15, -0.1) is 0 Å². The number of aromatic nitrogens is 2. The molecule has 82 valence electrons. The van der Waals surface area contributed by atoms with Crippen LogP contribution in [0.4, 0.5) is 0 Å². The van der Waals surface area contributed by atoms with E-state index in [1.807, 2.05) is 0 Å². The maximum atomic E-state index is 10.9. The van der Waals surface area contributed by atoms with Crippen LogP contribution in [0.1, 0.15) is 12.8 Å². The fourth-order valence-corrected chi connectivity index (χ4v) is 1.44. The lowest BCUT2D eigenvalue weighted by Crippen LogP contribution is -2.26. The number of hydrogen-bond acceptors (Lipinski definition) is 4. The van der Waals surface area contributed by atoms with Crippen molar-refractivity contribution in [3.63, 3.8) is 0 Å². The predicted molar refractivity (Wildman–Crippen MR) is 56.0 cm³/mol. The van der Waals surface area contributed by atoms with Crippen LogP contribution in [0.5, 0.6) is 5.75 Å². The third-order valence-electron chi connectivity index (χ3n) is 2.52. The molecular weight excluding hydrogens is 194 g/mol. The molecule has 1 aliphatic rings. The molecule has 0 spiro atoms. The van der Waals surface area contributed by atoms with Gasteiger partial charge < -0.3 is 9.64 Å². The van der Waals surface area contributed by atoms with Crippen molar-refractivity contribution in [2.24, 2.45) is 0 Å². The van der Waals surface area contributed by atoms with Gasteiger partial charge in [0.15, 0.2) is 0 Å². The molecule has 0 bridgehead atoms. The quantitative estimate of drug-likeness (QED) is 0.755. The summed E-state index contributed by atoms with van der Waals surface area (Å²) in [6.07, 6.45) is 4.10. The van der Waals surface area contributed by atoms with Crippen molar-refractivity contribution in [1.29, 1.82) is 0 Å². The van der Waals surface area contributed by atoms with Crippen molar-refractivity contribution >= 4 is 0 Å². The summed E-state index contributed by atoms with van der Waals surface area (Å²) >= 11 is 0. The highest BCUT2D eigenvalue weighted by Crippen LogP contribution is 2.24. The summed E-state index contributed by atoms with van der Waals surface area (Å²) in [6.45, 7) is 1.48. The molecule has 0 unspecified atom stereocenters. The van der Waals surface area contributed by atoms with E-state index in [1.54, 1.807) is 0 Å². The molecule has 1 fully saturated rings. The van der Waals surface area contributed by atoms with Crippen LogP contribution >= 0.6 is 0 Å². The summed E-state index contributed by atoms with van der Waals surface area (Å²) in [5.41, 5.74) is -0.233. The summed E-state index contributed by atoms with van der Waals surface area (Å²) in [4.78, 5) is 13.2. The molecule has 15 heavy (non-hydrogen) atoms. The summed E-state index contributed by atoms with van der Waals surface area (Å²) < 4.78 is 5.41. The van der Waals surface area contributed by atoms with Crippen LogP contribution in [0, 0.1) is 0 Å². The fraction of sp³-hybridized carbons (Fsp3) is 0.600. The topological polar surface area (TPSA) is 58.2 Å². The van der Waals surface area contributed by atoms with Gasteiger partial charge in [0.2, 0.25) is 0 Å². The van der Waals surface area contributed by atoms with Crippen LogP contribution in [0.15, 0.2) is 17.1 Å². The Morgan fingerprint density at radius 1 is 1.67 bits per heavy atom. The molecule has 0 radical (unpaired) electrons. The Balaban J connectivity index is 1.75. The van der Waals surface area contributed by atoms with Gasteiger partial charge in [-0.1, -0.05) is 0 Å². The van der Waals surface area contributed by atoms with Gasteiger partial charge in [-0.3, -0.25) is 4.79 Å². The number of hydrogen-bond donors (Lipinski definition) is 1. The Kier molecular flexibility index (Phi) is 3.01. The second-order valence-corrected chi connectivity index (χ2v) is 3.84. The van der Waals surface area contributed by atoms with Crippen LogP contribution in [-0.4, -0.2) is 41.3 Å². The first kappa shape index (κ1) is 10.2. The van der Waals surface area contributed by atoms with Crippen LogP contribution in [0.3, 0.4) is 0 Å². The molecule has 1 heterocycles. The van der Waals surface area contributed by atoms with E-state index in [1.165, 1.54) is 25.1 Å². The van der Waals surface area contributed by atoms with Gasteiger partial charge in [0.05, 0.1) is 6.20 Å². The minimum absolute atomic E-state index is 0.233. The van der Waals surface area contributed by atoms with Crippen molar-refractivity contribution in [2.45, 2.75) is 18.9 Å². The number of H-pyrrole nitrogens is 1. The van der Waals surface area contributed by atoms with Crippen molar-refractivity contribution in [3.8, 4) is 5.75 Å². The van der Waals surface area contributed by atoms with Crippen LogP contribution in [0.2, 0.25) is 0 Å². The van der Waals surface area contributed by atoms with E-state index in [0.29, 0.717) is 12.4 Å². The molecule has 1 aromatic rings. The van der Waals surface area contributed by atoms with Gasteiger partial charge in [0.25, 0.3) is 5.56 Å². The molecular formula is C10H15N3O2. The fourth-order valence-electron chi connectivity index (χ4n) is 1.44. The Bertz CT molecular complexity index is 373. The predicted octanol–water partition coefficient (Wildman–Crippen LogP) is 0.243. The van der Waals surface area contributed by atoms with E-state index in [9.17, 15) is 4.79 Å². The molecule has 1 aromatic heterocycles. The van der Waals surface area contributed by atoms with Crippen molar-refractivity contribution in [2.75, 3.05) is 20.2 Å². The SMILES string of the molecule is CN(CCOc1cn[nH]c(=O)c1)C1CC1. The molecule has 0 amide bonds. The maximum Gasteiger partial charge on any atom is 0.267 e. The summed E-state index contributed by atoms with van der Waals surface area (Å²) in [6, 6.07) is 2.15. The summed E-state index contributed by atoms with van der Waals surface area (Å²) in [5, 5.41) is 5.96. The van der Waals surface area contributed by atoms with Crippen LogP contribution in [-0.2, 0) is 0 Å². The smallest absolute Gasteiger partial charge is 0.267 e. The molecule has 1 N–H and O–H groups in total. The molecule has 1 saturated carbocycles. The largest absolute Gasteiger partial charge is 0.490 e. The Hall–Kier alpha value is -1.36. The molecule has 0 saturated heterocycles. The van der Waals surface area contributed by atoms with Crippen molar-refractivity contribution in [1.82, 2.24) is 15.1 Å². The zero-order valence-electron chi connectivity index (χ0n) is 8.77. The third kappa shape index (κ3) is 3.06. The normalized spacial score (nSPS) is 15.6. The standard InChI is InChI=1S/C10H15N3O2/c1-13(8-2-3-8)4-5-15-9-6-10(14)12-11-7-9/h6-8H,2-5H2,1H3,(H,12,14). The van der Waals surface area contributed by atoms with Gasteiger partial charge in [-0.05, 0) is 19.9 Å². The molecule has 0 aliphatic heterocycles. The van der Waals surface area contributed by atoms with Gasteiger partial charge in [-0.2, -0.15) is 5.10 Å². The summed E-state index contributed by atoms with van der Waals surface area (Å²) in [5.74, 6) is 0.531. The highest BCUT2D eigenvalue weighted by atomic mass is 16.5. The monoisotopic (exact) mass is 209 g/mol. The Labute approximate surface area is 88.1 Å². The minimum Gasteiger partial charge on any atom is -0.490 e. The lowest BCUT2D eigenvalue weighted by Gasteiger charge is -2.15. The zero-order chi connectivity index (χ0) is 10.7. The maximum absolute atomic E-state index is 10.9. The van der Waals surface area contributed by atoms with E-state index in [4.69, 9.17) is 4.74 Å². The van der Waals surface area contributed by atoms with Gasteiger partial charge in [-0.25, -0.2) is 5.10 Å². The third-order valence-corrected chi connectivity index (χ3v) is 2.52. The van der Waals surface area contributed by atoms with Gasteiger partial charge in [0, 0.05) is 18.7 Å². The zero-order valence-corrected chi connectivity index (χ0v) is 8.77. The summed E-state index contributed by atoms with van der Waals surface area (Å²) in [7, 11) is 2.09. The number of ether oxygens (including phenoxy) is 1. The first-order chi connectivity index (χ1) is 7.25. The number of nitrogens with zero attached hydrogens (tertiary/aromatic N) is 2. The van der Waals surface area contributed by atoms with E-state index in [2.05, 4.69) is 22.1 Å². The molecule has 0 atom stereocenters. The Morgan fingerprint density at radius 3 is 3.13 bits per heavy atom. The number of nitrogens with one attached hydrogen (secondary N) is 1. The molecule has 5 nitrogen and oxygen atoms in total. The molecule has 5 heteroatoms. The Morgan fingerprint density at radius 2 is 2.47 bits per heavy atom. The number of aromatic amines is 1. The molecule has 1 aliphatic carbocycles. The molecule has 2 rings (SSSR count). The van der Waals surface area contributed by atoms with Gasteiger partial charge in [0.1, 0.15) is 12.4 Å². The highest BCUT2D eigenvalue weighted by molar-refractivity contribution is 5.12. The number of likely N-dealkylation sites (N-methyl/N-ethyl adjacent to an activating group) is 1. The average Bonchev–Trinajstić information content (AvgIpc) is 3.00. The van der Waals surface area contributed by atoms with E-state index in [0.717, 1.165) is 12.6 Å². The second kappa shape index (κ2) is 4.44. The van der Waals surface area contributed by atoms with E-state index in [-0.39, 0.29) is 5.56 Å². The van der Waals surface area contributed by atoms with E-state index >= 15 is 0 Å². The highest BCUT2D eigenvalue weighted by Gasteiger charge is 2.25. The van der Waals surface area contributed by atoms with Gasteiger partial charge >= 0.3 is 0 Å². The van der Waals surface area contributed by atoms with Crippen LogP contribution < -0.4 is 10.3 Å². The lowest BCUT2D eigenvalue weighted by molar-refractivity contribution is 0.231. The average molecular weight is 209 g/mol. The first-order valence-electron chi connectivity index (χ1n) is 5.13. The van der Waals surface area contributed by atoms with Crippen LogP contribution in [0.25, 0.3) is 0 Å². The first-order valence-corrected chi connectivity index (χ1v) is 5.13. The number of rotatable bonds is 5. The second-order valence-electron chi connectivity index (χ2n) is 3.84. The van der Waals surface area contributed by atoms with Crippen molar-refractivity contribution in [3.05, 3.63) is 22.6 Å². The van der Waals surface area contributed by atoms with E-state index < -0.39 is 0 Å². The minimum atomic E-state index is -0.233.